The van der Waals surface area contributed by atoms with E-state index in [-0.39, 0.29) is 23.2 Å². The fourth-order valence-electron chi connectivity index (χ4n) is 1.59. The Morgan fingerprint density at radius 1 is 1.62 bits per heavy atom. The van der Waals surface area contributed by atoms with Crippen molar-refractivity contribution in [3.05, 3.63) is 0 Å². The average Bonchev–Trinajstić information content (AvgIpc) is 2.50. The normalized spacial score (nSPS) is 30.1. The summed E-state index contributed by atoms with van der Waals surface area (Å²) in [5.74, 6) is 0.268. The summed E-state index contributed by atoms with van der Waals surface area (Å²) in [5, 5.41) is 3.15. The molecule has 0 aromatic rings. The third kappa shape index (κ3) is 2.87. The van der Waals surface area contributed by atoms with Crippen LogP contribution in [-0.4, -0.2) is 17.3 Å². The smallest absolute Gasteiger partial charge is 0.223 e. The quantitative estimate of drug-likeness (QED) is 0.701. The van der Waals surface area contributed by atoms with E-state index in [1.165, 1.54) is 0 Å². The lowest BCUT2D eigenvalue weighted by Gasteiger charge is -2.18. The van der Waals surface area contributed by atoms with Gasteiger partial charge in [0.2, 0.25) is 5.91 Å². The van der Waals surface area contributed by atoms with Gasteiger partial charge in [-0.2, -0.15) is 0 Å². The van der Waals surface area contributed by atoms with Gasteiger partial charge in [-0.05, 0) is 25.7 Å². The number of rotatable bonds is 3. The molecule has 1 aliphatic carbocycles. The highest BCUT2D eigenvalue weighted by Crippen LogP contribution is 2.24. The molecular formula is C10H18ClNO. The van der Waals surface area contributed by atoms with Crippen molar-refractivity contribution < 1.29 is 4.79 Å². The van der Waals surface area contributed by atoms with Gasteiger partial charge in [-0.15, -0.1) is 11.6 Å². The second-order valence-electron chi connectivity index (χ2n) is 3.87. The molecular weight excluding hydrogens is 186 g/mol. The van der Waals surface area contributed by atoms with Crippen LogP contribution in [0.4, 0.5) is 0 Å². The van der Waals surface area contributed by atoms with Gasteiger partial charge in [0.05, 0.1) is 5.38 Å². The van der Waals surface area contributed by atoms with Gasteiger partial charge >= 0.3 is 0 Å². The van der Waals surface area contributed by atoms with Crippen LogP contribution < -0.4 is 5.32 Å². The van der Waals surface area contributed by atoms with Gasteiger partial charge in [-0.25, -0.2) is 0 Å². The van der Waals surface area contributed by atoms with Crippen molar-refractivity contribution in [2.75, 3.05) is 0 Å². The zero-order valence-electron chi connectivity index (χ0n) is 8.35. The van der Waals surface area contributed by atoms with Gasteiger partial charge < -0.3 is 5.32 Å². The monoisotopic (exact) mass is 203 g/mol. The van der Waals surface area contributed by atoms with Crippen LogP contribution in [0.3, 0.4) is 0 Å². The van der Waals surface area contributed by atoms with Crippen LogP contribution in [0.15, 0.2) is 0 Å². The number of halogens is 1. The number of carbonyl (C=O) groups is 1. The molecule has 13 heavy (non-hydrogen) atoms. The van der Waals surface area contributed by atoms with Crippen molar-refractivity contribution in [1.29, 1.82) is 0 Å². The van der Waals surface area contributed by atoms with E-state index in [0.29, 0.717) is 0 Å². The van der Waals surface area contributed by atoms with E-state index in [0.717, 1.165) is 25.7 Å². The maximum absolute atomic E-state index is 11.5. The number of hydrogen-bond donors (Lipinski definition) is 1. The first kappa shape index (κ1) is 10.8. The van der Waals surface area contributed by atoms with Crippen LogP contribution in [0, 0.1) is 5.92 Å². The minimum atomic E-state index is 0.115. The van der Waals surface area contributed by atoms with Crippen LogP contribution in [0.25, 0.3) is 0 Å². The molecule has 0 aromatic heterocycles. The lowest BCUT2D eigenvalue weighted by molar-refractivity contribution is -0.125. The van der Waals surface area contributed by atoms with Crippen molar-refractivity contribution in [1.82, 2.24) is 5.32 Å². The van der Waals surface area contributed by atoms with E-state index in [9.17, 15) is 4.79 Å². The van der Waals surface area contributed by atoms with E-state index < -0.39 is 0 Å². The number of hydrogen-bond acceptors (Lipinski definition) is 1. The molecule has 0 spiro atoms. The van der Waals surface area contributed by atoms with Gasteiger partial charge in [-0.3, -0.25) is 4.79 Å². The van der Waals surface area contributed by atoms with Crippen molar-refractivity contribution in [3.8, 4) is 0 Å². The fourth-order valence-corrected chi connectivity index (χ4v) is 1.93. The Bertz CT molecular complexity index is 184. The van der Waals surface area contributed by atoms with Crippen LogP contribution in [0.5, 0.6) is 0 Å². The largest absolute Gasteiger partial charge is 0.352 e. The molecule has 0 heterocycles. The maximum Gasteiger partial charge on any atom is 0.223 e. The maximum atomic E-state index is 11.5. The molecule has 0 aromatic carbocycles. The minimum Gasteiger partial charge on any atom is -0.352 e. The van der Waals surface area contributed by atoms with E-state index in [2.05, 4.69) is 5.32 Å². The Morgan fingerprint density at radius 3 is 2.77 bits per heavy atom. The summed E-state index contributed by atoms with van der Waals surface area (Å²) < 4.78 is 0. The average molecular weight is 204 g/mol. The molecule has 1 amide bonds. The van der Waals surface area contributed by atoms with Crippen LogP contribution in [0.1, 0.15) is 39.5 Å². The summed E-state index contributed by atoms with van der Waals surface area (Å²) >= 11 is 6.06. The Hall–Kier alpha value is -0.240. The standard InChI is InChI=1S/C10H18ClNO/c1-3-7(2)10(13)12-9-6-4-5-8(9)11/h7-9H,3-6H2,1-2H3,(H,12,13). The molecule has 3 atom stereocenters. The molecule has 0 radical (unpaired) electrons. The predicted octanol–water partition coefficient (Wildman–Crippen LogP) is 2.31. The Kier molecular flexibility index (Phi) is 4.04. The van der Waals surface area contributed by atoms with Crippen molar-refractivity contribution >= 4 is 17.5 Å². The summed E-state index contributed by atoms with van der Waals surface area (Å²) in [6, 6.07) is 0.211. The number of alkyl halides is 1. The molecule has 0 aliphatic heterocycles. The lowest BCUT2D eigenvalue weighted by Crippen LogP contribution is -2.40. The van der Waals surface area contributed by atoms with E-state index in [1.54, 1.807) is 0 Å². The second kappa shape index (κ2) is 4.85. The zero-order valence-corrected chi connectivity index (χ0v) is 9.10. The molecule has 2 nitrogen and oxygen atoms in total. The third-order valence-corrected chi connectivity index (χ3v) is 3.34. The predicted molar refractivity (Wildman–Crippen MR) is 54.9 cm³/mol. The fraction of sp³-hybridized carbons (Fsp3) is 0.900. The molecule has 1 N–H and O–H groups in total. The highest BCUT2D eigenvalue weighted by molar-refractivity contribution is 6.21. The summed E-state index contributed by atoms with van der Waals surface area (Å²) in [5.41, 5.74) is 0. The molecule has 1 fully saturated rings. The number of carbonyl (C=O) groups excluding carboxylic acids is 1. The highest BCUT2D eigenvalue weighted by atomic mass is 35.5. The Labute approximate surface area is 85.0 Å². The van der Waals surface area contributed by atoms with Crippen LogP contribution in [-0.2, 0) is 4.79 Å². The first-order valence-corrected chi connectivity index (χ1v) is 5.53. The highest BCUT2D eigenvalue weighted by Gasteiger charge is 2.27. The van der Waals surface area contributed by atoms with Crippen molar-refractivity contribution in [2.24, 2.45) is 5.92 Å². The lowest BCUT2D eigenvalue weighted by atomic mass is 10.1. The van der Waals surface area contributed by atoms with Gasteiger partial charge in [-0.1, -0.05) is 13.8 Å². The van der Waals surface area contributed by atoms with Gasteiger partial charge in [0.1, 0.15) is 0 Å². The van der Waals surface area contributed by atoms with Gasteiger partial charge in [0.25, 0.3) is 0 Å². The van der Waals surface area contributed by atoms with E-state index in [1.807, 2.05) is 13.8 Å². The first-order chi connectivity index (χ1) is 6.15. The van der Waals surface area contributed by atoms with Crippen LogP contribution in [0.2, 0.25) is 0 Å². The second-order valence-corrected chi connectivity index (χ2v) is 4.43. The van der Waals surface area contributed by atoms with Gasteiger partial charge in [0, 0.05) is 12.0 Å². The molecule has 0 bridgehead atoms. The molecule has 3 unspecified atom stereocenters. The summed E-state index contributed by atoms with van der Waals surface area (Å²) in [7, 11) is 0. The first-order valence-electron chi connectivity index (χ1n) is 5.09. The van der Waals surface area contributed by atoms with Crippen molar-refractivity contribution in [3.63, 3.8) is 0 Å². The molecule has 1 aliphatic rings. The summed E-state index contributed by atoms with van der Waals surface area (Å²) in [6.45, 7) is 3.98. The van der Waals surface area contributed by atoms with Crippen molar-refractivity contribution in [2.45, 2.75) is 50.9 Å². The zero-order chi connectivity index (χ0) is 9.84. The summed E-state index contributed by atoms with van der Waals surface area (Å²) in [6.07, 6.45) is 4.11. The SMILES string of the molecule is CCC(C)C(=O)NC1CCCC1Cl. The third-order valence-electron chi connectivity index (χ3n) is 2.82. The minimum absolute atomic E-state index is 0.115. The van der Waals surface area contributed by atoms with Crippen LogP contribution >= 0.6 is 11.6 Å². The Balaban J connectivity index is 2.35. The molecule has 1 rings (SSSR count). The van der Waals surface area contributed by atoms with Gasteiger partial charge in [0.15, 0.2) is 0 Å². The van der Waals surface area contributed by atoms with E-state index >= 15 is 0 Å². The number of nitrogens with one attached hydrogen (secondary N) is 1. The number of amides is 1. The Morgan fingerprint density at radius 2 is 2.31 bits per heavy atom. The molecule has 1 saturated carbocycles. The summed E-state index contributed by atoms with van der Waals surface area (Å²) in [4.78, 5) is 11.5. The molecule has 3 heteroatoms. The molecule has 0 saturated heterocycles. The van der Waals surface area contributed by atoms with E-state index in [4.69, 9.17) is 11.6 Å². The molecule has 76 valence electrons. The topological polar surface area (TPSA) is 29.1 Å².